The van der Waals surface area contributed by atoms with Gasteiger partial charge in [-0.15, -0.1) is 0 Å². The lowest BCUT2D eigenvalue weighted by atomic mass is 9.96. The van der Waals surface area contributed by atoms with Crippen LogP contribution in [0.5, 0.6) is 0 Å². The van der Waals surface area contributed by atoms with Crippen molar-refractivity contribution >= 4 is 5.91 Å². The van der Waals surface area contributed by atoms with Gasteiger partial charge in [0.15, 0.2) is 0 Å². The summed E-state index contributed by atoms with van der Waals surface area (Å²) in [5.41, 5.74) is 2.08. The fraction of sp³-hybridized carbons (Fsp3) is 0.583. The van der Waals surface area contributed by atoms with E-state index in [1.807, 2.05) is 32.0 Å². The van der Waals surface area contributed by atoms with Crippen LogP contribution in [0.15, 0.2) is 34.7 Å². The van der Waals surface area contributed by atoms with Gasteiger partial charge in [0.2, 0.25) is 11.8 Å². The fourth-order valence-electron chi connectivity index (χ4n) is 4.65. The van der Waals surface area contributed by atoms with Gasteiger partial charge in [-0.2, -0.15) is 0 Å². The summed E-state index contributed by atoms with van der Waals surface area (Å²) < 4.78 is 5.73. The van der Waals surface area contributed by atoms with E-state index in [-0.39, 0.29) is 11.9 Å². The first-order chi connectivity index (χ1) is 14.6. The van der Waals surface area contributed by atoms with E-state index in [1.165, 1.54) is 12.8 Å². The van der Waals surface area contributed by atoms with Crippen LogP contribution in [-0.4, -0.2) is 53.4 Å². The zero-order chi connectivity index (χ0) is 20.9. The summed E-state index contributed by atoms with van der Waals surface area (Å²) in [4.78, 5) is 22.4. The molecule has 30 heavy (non-hydrogen) atoms. The molecule has 1 aromatic carbocycles. The molecule has 0 aliphatic carbocycles. The number of benzene rings is 1. The van der Waals surface area contributed by atoms with Gasteiger partial charge in [0.25, 0.3) is 0 Å². The monoisotopic (exact) mass is 410 g/mol. The minimum absolute atomic E-state index is 0.149. The number of likely N-dealkylation sites (tertiary alicyclic amines) is 2. The Morgan fingerprint density at radius 1 is 1.13 bits per heavy atom. The third-order valence-corrected chi connectivity index (χ3v) is 6.57. The number of aryl methyl sites for hydroxylation is 2. The van der Waals surface area contributed by atoms with Crippen LogP contribution in [0.2, 0.25) is 0 Å². The highest BCUT2D eigenvalue weighted by molar-refractivity contribution is 5.83. The lowest BCUT2D eigenvalue weighted by molar-refractivity contribution is -0.126. The molecule has 0 radical (unpaired) electrons. The van der Waals surface area contributed by atoms with Crippen molar-refractivity contribution in [2.75, 3.05) is 32.7 Å². The van der Waals surface area contributed by atoms with Gasteiger partial charge in [0, 0.05) is 6.54 Å². The molecule has 2 saturated heterocycles. The maximum absolute atomic E-state index is 13.1. The average Bonchev–Trinajstić information content (AvgIpc) is 3.38. The molecule has 162 valence electrons. The van der Waals surface area contributed by atoms with E-state index >= 15 is 0 Å². The SMILES string of the molecule is Cc1nc(CN2CCC(CNC(=O)C(c3ccccc3)N3CCCC3)CC2)oc1C. The van der Waals surface area contributed by atoms with Gasteiger partial charge in [0.1, 0.15) is 11.8 Å². The van der Waals surface area contributed by atoms with Gasteiger partial charge >= 0.3 is 0 Å². The summed E-state index contributed by atoms with van der Waals surface area (Å²) in [7, 11) is 0. The van der Waals surface area contributed by atoms with E-state index in [1.54, 1.807) is 0 Å². The molecule has 6 nitrogen and oxygen atoms in total. The number of carbonyl (C=O) groups is 1. The molecule has 0 spiro atoms. The average molecular weight is 411 g/mol. The minimum Gasteiger partial charge on any atom is -0.444 e. The Labute approximate surface area is 179 Å². The maximum atomic E-state index is 13.1. The van der Waals surface area contributed by atoms with Crippen LogP contribution in [-0.2, 0) is 11.3 Å². The number of hydrogen-bond acceptors (Lipinski definition) is 5. The summed E-state index contributed by atoms with van der Waals surface area (Å²) in [6.45, 7) is 9.55. The summed E-state index contributed by atoms with van der Waals surface area (Å²) >= 11 is 0. The van der Waals surface area contributed by atoms with Crippen molar-refractivity contribution in [2.24, 2.45) is 5.92 Å². The highest BCUT2D eigenvalue weighted by Crippen LogP contribution is 2.26. The molecule has 6 heteroatoms. The Bertz CT molecular complexity index is 801. The molecule has 4 rings (SSSR count). The predicted molar refractivity (Wildman–Crippen MR) is 117 cm³/mol. The number of hydrogen-bond donors (Lipinski definition) is 1. The van der Waals surface area contributed by atoms with Crippen molar-refractivity contribution in [3.8, 4) is 0 Å². The Kier molecular flexibility index (Phi) is 6.85. The second-order valence-electron chi connectivity index (χ2n) is 8.77. The van der Waals surface area contributed by atoms with Crippen LogP contribution < -0.4 is 5.32 Å². The van der Waals surface area contributed by atoms with Crippen LogP contribution in [0.1, 0.15) is 54.6 Å². The highest BCUT2D eigenvalue weighted by Gasteiger charge is 2.30. The van der Waals surface area contributed by atoms with Gasteiger partial charge in [-0.25, -0.2) is 4.98 Å². The molecule has 2 fully saturated rings. The first-order valence-electron chi connectivity index (χ1n) is 11.3. The van der Waals surface area contributed by atoms with E-state index in [0.717, 1.165) is 75.0 Å². The Hall–Kier alpha value is -2.18. The first-order valence-corrected chi connectivity index (χ1v) is 11.3. The quantitative estimate of drug-likeness (QED) is 0.757. The fourth-order valence-corrected chi connectivity index (χ4v) is 4.65. The summed E-state index contributed by atoms with van der Waals surface area (Å²) in [6, 6.07) is 10.1. The van der Waals surface area contributed by atoms with Crippen molar-refractivity contribution in [1.82, 2.24) is 20.1 Å². The number of carbonyl (C=O) groups excluding carboxylic acids is 1. The van der Waals surface area contributed by atoms with Crippen LogP contribution in [0.25, 0.3) is 0 Å². The minimum atomic E-state index is -0.162. The molecular formula is C24H34N4O2. The predicted octanol–water partition coefficient (Wildman–Crippen LogP) is 3.46. The molecule has 1 atom stereocenters. The zero-order valence-corrected chi connectivity index (χ0v) is 18.3. The van der Waals surface area contributed by atoms with Gasteiger partial charge < -0.3 is 9.73 Å². The number of amides is 1. The van der Waals surface area contributed by atoms with Gasteiger partial charge in [-0.05, 0) is 77.2 Å². The number of oxazole rings is 1. The summed E-state index contributed by atoms with van der Waals surface area (Å²) in [5, 5.41) is 3.27. The van der Waals surface area contributed by atoms with E-state index < -0.39 is 0 Å². The molecule has 2 aliphatic heterocycles. The van der Waals surface area contributed by atoms with Crippen molar-refractivity contribution in [1.29, 1.82) is 0 Å². The first kappa shape index (κ1) is 21.1. The largest absolute Gasteiger partial charge is 0.444 e. The van der Waals surface area contributed by atoms with E-state index in [9.17, 15) is 4.79 Å². The third kappa shape index (κ3) is 5.10. The van der Waals surface area contributed by atoms with Gasteiger partial charge in [0.05, 0.1) is 12.2 Å². The lowest BCUT2D eigenvalue weighted by Crippen LogP contribution is -2.43. The van der Waals surface area contributed by atoms with Gasteiger partial charge in [-0.3, -0.25) is 14.6 Å². The Morgan fingerprint density at radius 3 is 2.47 bits per heavy atom. The number of rotatable bonds is 7. The molecule has 1 unspecified atom stereocenters. The molecule has 0 saturated carbocycles. The molecule has 3 heterocycles. The maximum Gasteiger partial charge on any atom is 0.241 e. The van der Waals surface area contributed by atoms with E-state index in [2.05, 4.69) is 32.2 Å². The molecule has 2 aromatic rings. The van der Waals surface area contributed by atoms with E-state index in [0.29, 0.717) is 5.92 Å². The standard InChI is InChI=1S/C24H34N4O2/c1-18-19(2)30-22(26-18)17-27-14-10-20(11-15-27)16-25-24(29)23(28-12-6-7-13-28)21-8-4-3-5-9-21/h3-5,8-9,20,23H,6-7,10-17H2,1-2H3,(H,25,29). The smallest absolute Gasteiger partial charge is 0.241 e. The topological polar surface area (TPSA) is 61.6 Å². The summed E-state index contributed by atoms with van der Waals surface area (Å²) in [6.07, 6.45) is 4.55. The number of nitrogens with one attached hydrogen (secondary N) is 1. The van der Waals surface area contributed by atoms with Crippen LogP contribution in [0, 0.1) is 19.8 Å². The summed E-state index contributed by atoms with van der Waals surface area (Å²) in [5.74, 6) is 2.41. The Morgan fingerprint density at radius 2 is 1.83 bits per heavy atom. The molecule has 2 aliphatic rings. The number of piperidine rings is 1. The highest BCUT2D eigenvalue weighted by atomic mass is 16.4. The zero-order valence-electron chi connectivity index (χ0n) is 18.3. The van der Waals surface area contributed by atoms with Crippen molar-refractivity contribution in [2.45, 2.75) is 52.1 Å². The molecule has 1 amide bonds. The van der Waals surface area contributed by atoms with Crippen LogP contribution in [0.4, 0.5) is 0 Å². The molecule has 1 N–H and O–H groups in total. The van der Waals surface area contributed by atoms with Crippen LogP contribution in [0.3, 0.4) is 0 Å². The molecular weight excluding hydrogens is 376 g/mol. The Balaban J connectivity index is 1.27. The lowest BCUT2D eigenvalue weighted by Gasteiger charge is -2.32. The van der Waals surface area contributed by atoms with Crippen molar-refractivity contribution < 1.29 is 9.21 Å². The number of aromatic nitrogens is 1. The van der Waals surface area contributed by atoms with Crippen molar-refractivity contribution in [3.63, 3.8) is 0 Å². The second-order valence-corrected chi connectivity index (χ2v) is 8.77. The van der Waals surface area contributed by atoms with Gasteiger partial charge in [-0.1, -0.05) is 30.3 Å². The van der Waals surface area contributed by atoms with Crippen molar-refractivity contribution in [3.05, 3.63) is 53.2 Å². The molecule has 1 aromatic heterocycles. The van der Waals surface area contributed by atoms with E-state index in [4.69, 9.17) is 4.42 Å². The van der Waals surface area contributed by atoms with Crippen LogP contribution >= 0.6 is 0 Å². The third-order valence-electron chi connectivity index (χ3n) is 6.57. The normalized spacial score (nSPS) is 19.8. The molecule has 0 bridgehead atoms. The number of nitrogens with zero attached hydrogens (tertiary/aromatic N) is 3. The second kappa shape index (κ2) is 9.75.